The fourth-order valence-corrected chi connectivity index (χ4v) is 1.29. The number of allylic oxidation sites excluding steroid dienone is 2. The number of ketones is 2. The van der Waals surface area contributed by atoms with Crippen molar-refractivity contribution in [3.8, 4) is 0 Å². The van der Waals surface area contributed by atoms with Gasteiger partial charge in [0.05, 0.1) is 4.48 Å². The molecule has 0 aromatic rings. The van der Waals surface area contributed by atoms with E-state index in [0.717, 1.165) is 0 Å². The molecule has 0 N–H and O–H groups in total. The zero-order valence-electron chi connectivity index (χ0n) is 6.21. The summed E-state index contributed by atoms with van der Waals surface area (Å²) < 4.78 is -0.409. The molecule has 13 heavy (non-hydrogen) atoms. The molecule has 74 valence electrons. The number of halogens is 5. The third-order valence-electron chi connectivity index (χ3n) is 0.965. The molecule has 0 spiro atoms. The fraction of sp³-hybridized carbons (Fsp3) is 0.333. The Morgan fingerprint density at radius 1 is 1.08 bits per heavy atom. The van der Waals surface area contributed by atoms with Crippen LogP contribution in [-0.4, -0.2) is 13.7 Å². The molecule has 0 bridgehead atoms. The molecule has 0 rings (SSSR count). The van der Waals surface area contributed by atoms with Crippen molar-refractivity contribution < 1.29 is 9.59 Å². The second kappa shape index (κ2) is 5.53. The van der Waals surface area contributed by atoms with Crippen LogP contribution in [0, 0.1) is 0 Å². The van der Waals surface area contributed by atoms with E-state index in [1.165, 1.54) is 0 Å². The van der Waals surface area contributed by atoms with Gasteiger partial charge in [0.25, 0.3) is 0 Å². The van der Waals surface area contributed by atoms with E-state index >= 15 is 0 Å². The smallest absolute Gasteiger partial charge is 0.241 e. The molecule has 7 heteroatoms. The minimum atomic E-state index is -1.19. The molecule has 2 nitrogen and oxygen atoms in total. The van der Waals surface area contributed by atoms with Crippen molar-refractivity contribution >= 4 is 91.2 Å². The van der Waals surface area contributed by atoms with E-state index in [0.29, 0.717) is 4.48 Å². The van der Waals surface area contributed by atoms with Crippen molar-refractivity contribution in [2.75, 3.05) is 0 Å². The Morgan fingerprint density at radius 3 is 1.69 bits per heavy atom. The highest BCUT2D eigenvalue weighted by molar-refractivity contribution is 9.40. The maximum absolute atomic E-state index is 11.4. The third-order valence-corrected chi connectivity index (χ3v) is 3.93. The normalized spacial score (nSPS) is 13.7. The molecule has 0 aromatic heterocycles. The monoisotopic (exact) mass is 502 g/mol. The molecule has 0 fully saturated rings. The predicted octanol–water partition coefficient (Wildman–Crippen LogP) is 3.98. The molecule has 0 atom stereocenters. The van der Waals surface area contributed by atoms with Gasteiger partial charge in [-0.1, -0.05) is 63.7 Å². The van der Waals surface area contributed by atoms with Crippen molar-refractivity contribution in [3.05, 3.63) is 8.96 Å². The van der Waals surface area contributed by atoms with Gasteiger partial charge < -0.3 is 0 Å². The van der Waals surface area contributed by atoms with Crippen LogP contribution >= 0.6 is 79.6 Å². The molecule has 0 aliphatic carbocycles. The fourth-order valence-electron chi connectivity index (χ4n) is 0.385. The molecule has 0 aromatic carbocycles. The van der Waals surface area contributed by atoms with Gasteiger partial charge in [0.1, 0.15) is 0 Å². The second-order valence-corrected chi connectivity index (χ2v) is 10.7. The van der Waals surface area contributed by atoms with Crippen LogP contribution in [0.15, 0.2) is 8.96 Å². The molecule has 0 amide bonds. The number of carbonyl (C=O) groups excluding carboxylic acids is 2. The summed E-state index contributed by atoms with van der Waals surface area (Å²) in [6.45, 7) is 1.66. The van der Waals surface area contributed by atoms with Crippen molar-refractivity contribution in [1.29, 1.82) is 0 Å². The van der Waals surface area contributed by atoms with Gasteiger partial charge in [-0.05, 0) is 22.9 Å². The number of Topliss-reactive ketones (excluding diaryl/α,β-unsaturated/α-hetero) is 2. The maximum Gasteiger partial charge on any atom is 0.241 e. The van der Waals surface area contributed by atoms with E-state index in [2.05, 4.69) is 79.6 Å². The molecule has 0 aliphatic heterocycles. The topological polar surface area (TPSA) is 34.1 Å². The first-order chi connectivity index (χ1) is 5.68. The summed E-state index contributed by atoms with van der Waals surface area (Å²) in [5.74, 6) is -1.27. The SMILES string of the molecule is CC(Br)=C(Br)C(=O)C(=O)C(Br)(Br)Br. The standard InChI is InChI=1S/C6H3Br5O2/c1-2(7)3(8)4(12)5(13)6(9,10)11/h1H3. The van der Waals surface area contributed by atoms with Crippen molar-refractivity contribution in [3.63, 3.8) is 0 Å². The van der Waals surface area contributed by atoms with E-state index < -0.39 is 13.7 Å². The molecular weight excluding hydrogens is 504 g/mol. The van der Waals surface area contributed by atoms with Crippen LogP contribution in [-0.2, 0) is 9.59 Å². The Labute approximate surface area is 118 Å². The number of hydrogen-bond donors (Lipinski definition) is 0. The highest BCUT2D eigenvalue weighted by Gasteiger charge is 2.35. The first-order valence-corrected chi connectivity index (χ1v) is 6.82. The van der Waals surface area contributed by atoms with E-state index in [-0.39, 0.29) is 4.48 Å². The summed E-state index contributed by atoms with van der Waals surface area (Å²) in [6.07, 6.45) is 0. The first-order valence-electron chi connectivity index (χ1n) is 2.85. The number of carbonyl (C=O) groups is 2. The molecule has 0 unspecified atom stereocenters. The van der Waals surface area contributed by atoms with Gasteiger partial charge in [-0.3, -0.25) is 9.59 Å². The lowest BCUT2D eigenvalue weighted by Gasteiger charge is -2.08. The van der Waals surface area contributed by atoms with Gasteiger partial charge in [0, 0.05) is 4.48 Å². The quantitative estimate of drug-likeness (QED) is 0.323. The van der Waals surface area contributed by atoms with Crippen molar-refractivity contribution in [1.82, 2.24) is 0 Å². The van der Waals surface area contributed by atoms with Crippen LogP contribution in [0.25, 0.3) is 0 Å². The predicted molar refractivity (Wildman–Crippen MR) is 70.1 cm³/mol. The Bertz CT molecular complexity index is 271. The van der Waals surface area contributed by atoms with Crippen LogP contribution in [0.5, 0.6) is 0 Å². The minimum Gasteiger partial charge on any atom is -0.287 e. The Morgan fingerprint density at radius 2 is 1.46 bits per heavy atom. The largest absolute Gasteiger partial charge is 0.287 e. The zero-order valence-corrected chi connectivity index (χ0v) is 14.1. The van der Waals surface area contributed by atoms with Gasteiger partial charge in [0.2, 0.25) is 13.7 Å². The summed E-state index contributed by atoms with van der Waals surface area (Å²) in [4.78, 5) is 22.7. The van der Waals surface area contributed by atoms with Crippen LogP contribution < -0.4 is 0 Å². The van der Waals surface area contributed by atoms with E-state index in [1.54, 1.807) is 6.92 Å². The molecule has 0 heterocycles. The number of rotatable bonds is 2. The minimum absolute atomic E-state index is 0.209. The third kappa shape index (κ3) is 4.68. The number of alkyl halides is 3. The van der Waals surface area contributed by atoms with Gasteiger partial charge in [-0.2, -0.15) is 0 Å². The Kier molecular flexibility index (Phi) is 6.16. The van der Waals surface area contributed by atoms with Gasteiger partial charge >= 0.3 is 0 Å². The van der Waals surface area contributed by atoms with E-state index in [1.807, 2.05) is 0 Å². The van der Waals surface area contributed by atoms with Crippen molar-refractivity contribution in [2.24, 2.45) is 0 Å². The lowest BCUT2D eigenvalue weighted by molar-refractivity contribution is -0.132. The zero-order chi connectivity index (χ0) is 10.8. The van der Waals surface area contributed by atoms with E-state index in [4.69, 9.17) is 0 Å². The van der Waals surface area contributed by atoms with Crippen LogP contribution in [0.4, 0.5) is 0 Å². The summed E-state index contributed by atoms with van der Waals surface area (Å²) in [6, 6.07) is 0. The van der Waals surface area contributed by atoms with Crippen LogP contribution in [0.1, 0.15) is 6.92 Å². The molecule has 0 saturated carbocycles. The molecule has 0 aliphatic rings. The Hall–Kier alpha value is 1.48. The average Bonchev–Trinajstić information content (AvgIpc) is 1.98. The molecule has 0 radical (unpaired) electrons. The van der Waals surface area contributed by atoms with Crippen LogP contribution in [0.2, 0.25) is 0 Å². The Balaban J connectivity index is 4.86. The summed E-state index contributed by atoms with van der Waals surface area (Å²) in [5, 5.41) is 0. The highest BCUT2D eigenvalue weighted by atomic mass is 80.0. The second-order valence-electron chi connectivity index (χ2n) is 2.00. The van der Waals surface area contributed by atoms with E-state index in [9.17, 15) is 9.59 Å². The van der Waals surface area contributed by atoms with Gasteiger partial charge in [-0.25, -0.2) is 0 Å². The molecule has 0 saturated heterocycles. The van der Waals surface area contributed by atoms with Gasteiger partial charge in [-0.15, -0.1) is 0 Å². The first kappa shape index (κ1) is 14.5. The lowest BCUT2D eigenvalue weighted by Crippen LogP contribution is -2.26. The number of hydrogen-bond acceptors (Lipinski definition) is 2. The van der Waals surface area contributed by atoms with Crippen LogP contribution in [0.3, 0.4) is 0 Å². The van der Waals surface area contributed by atoms with Gasteiger partial charge in [0.15, 0.2) is 0 Å². The molecular formula is C6H3Br5O2. The maximum atomic E-state index is 11.4. The summed E-state index contributed by atoms with van der Waals surface area (Å²) in [7, 11) is 0. The summed E-state index contributed by atoms with van der Waals surface area (Å²) >= 11 is 15.0. The average molecular weight is 507 g/mol. The highest BCUT2D eigenvalue weighted by Crippen LogP contribution is 2.36. The lowest BCUT2D eigenvalue weighted by atomic mass is 10.3. The summed E-state index contributed by atoms with van der Waals surface area (Å²) in [5.41, 5.74) is 0. The van der Waals surface area contributed by atoms with Crippen molar-refractivity contribution in [2.45, 2.75) is 9.07 Å².